The van der Waals surface area contributed by atoms with E-state index in [1.54, 1.807) is 13.0 Å². The Kier molecular flexibility index (Phi) is 4.04. The Morgan fingerprint density at radius 3 is 2.55 bits per heavy atom. The maximum absolute atomic E-state index is 11.6. The molecule has 0 amide bonds. The molecule has 110 valence electrons. The summed E-state index contributed by atoms with van der Waals surface area (Å²) in [5, 5.41) is 0. The van der Waals surface area contributed by atoms with Crippen molar-refractivity contribution < 1.29 is 9.59 Å². The molecule has 1 saturated carbocycles. The predicted molar refractivity (Wildman–Crippen MR) is 81.2 cm³/mol. The standard InChI is InChI=1S/C18H26O2/c1-11(2)14-8-9-18(5)13(4)15(10-19)17(14)16(18)7-6-12(3)20/h6-7,10-11,14,16-17H,8-9H2,1-5H3/b7-6+/t14-,16+,17-,18+/m1/s1. The fourth-order valence-electron chi connectivity index (χ4n) is 4.40. The molecular formula is C18H26O2. The zero-order valence-corrected chi connectivity index (χ0v) is 13.3. The lowest BCUT2D eigenvalue weighted by Crippen LogP contribution is -2.38. The van der Waals surface area contributed by atoms with E-state index in [-0.39, 0.29) is 11.2 Å². The average molecular weight is 274 g/mol. The van der Waals surface area contributed by atoms with Gasteiger partial charge < -0.3 is 0 Å². The Balaban J connectivity index is 2.48. The Bertz CT molecular complexity index is 484. The summed E-state index contributed by atoms with van der Waals surface area (Å²) in [6.45, 7) is 10.5. The summed E-state index contributed by atoms with van der Waals surface area (Å²) in [7, 11) is 0. The van der Waals surface area contributed by atoms with E-state index >= 15 is 0 Å². The number of carbonyl (C=O) groups excluding carboxylic acids is 2. The smallest absolute Gasteiger partial charge is 0.152 e. The topological polar surface area (TPSA) is 34.1 Å². The van der Waals surface area contributed by atoms with Crippen molar-refractivity contribution in [3.63, 3.8) is 0 Å². The van der Waals surface area contributed by atoms with Gasteiger partial charge in [0.25, 0.3) is 0 Å². The number of hydrogen-bond donors (Lipinski definition) is 0. The number of aldehydes is 1. The lowest BCUT2D eigenvalue weighted by atomic mass is 9.59. The number of allylic oxidation sites excluding steroid dienone is 4. The first kappa shape index (κ1) is 15.2. The highest BCUT2D eigenvalue weighted by atomic mass is 16.1. The largest absolute Gasteiger partial charge is 0.298 e. The van der Waals surface area contributed by atoms with Crippen LogP contribution >= 0.6 is 0 Å². The lowest BCUT2D eigenvalue weighted by molar-refractivity contribution is -0.112. The van der Waals surface area contributed by atoms with Crippen molar-refractivity contribution in [1.29, 1.82) is 0 Å². The second-order valence-electron chi connectivity index (χ2n) is 7.08. The molecule has 2 aliphatic rings. The Morgan fingerprint density at radius 1 is 1.40 bits per heavy atom. The number of carbonyl (C=O) groups is 2. The molecule has 0 unspecified atom stereocenters. The molecule has 2 aliphatic carbocycles. The van der Waals surface area contributed by atoms with Crippen LogP contribution in [0.1, 0.15) is 47.5 Å². The highest BCUT2D eigenvalue weighted by Gasteiger charge is 2.53. The van der Waals surface area contributed by atoms with Crippen LogP contribution in [0.3, 0.4) is 0 Å². The molecule has 2 rings (SSSR count). The fraction of sp³-hybridized carbons (Fsp3) is 0.667. The van der Waals surface area contributed by atoms with Gasteiger partial charge in [0, 0.05) is 0 Å². The SMILES string of the molecule is CC(=O)/C=C/[C@H]1[C@H]2C(C=O)=C(C)[C@]1(C)CC[C@@H]2C(C)C. The van der Waals surface area contributed by atoms with Crippen LogP contribution in [0, 0.1) is 29.1 Å². The quantitative estimate of drug-likeness (QED) is 0.574. The van der Waals surface area contributed by atoms with Crippen LogP contribution in [0.4, 0.5) is 0 Å². The summed E-state index contributed by atoms with van der Waals surface area (Å²) in [5.41, 5.74) is 2.30. The molecule has 4 atom stereocenters. The molecule has 0 aromatic carbocycles. The third-order valence-corrected chi connectivity index (χ3v) is 5.75. The van der Waals surface area contributed by atoms with Gasteiger partial charge in [-0.1, -0.05) is 32.4 Å². The monoisotopic (exact) mass is 274 g/mol. The lowest BCUT2D eigenvalue weighted by Gasteiger charge is -2.44. The summed E-state index contributed by atoms with van der Waals surface area (Å²) in [6, 6.07) is 0. The third kappa shape index (κ3) is 2.19. The first-order chi connectivity index (χ1) is 9.32. The van der Waals surface area contributed by atoms with Gasteiger partial charge in [0.2, 0.25) is 0 Å². The minimum atomic E-state index is 0.0538. The van der Waals surface area contributed by atoms with Gasteiger partial charge in [-0.3, -0.25) is 9.59 Å². The Morgan fingerprint density at radius 2 is 2.05 bits per heavy atom. The molecule has 2 heteroatoms. The van der Waals surface area contributed by atoms with Crippen molar-refractivity contribution in [3.8, 4) is 0 Å². The minimum absolute atomic E-state index is 0.0538. The molecule has 0 saturated heterocycles. The maximum atomic E-state index is 11.6. The third-order valence-electron chi connectivity index (χ3n) is 5.75. The fourth-order valence-corrected chi connectivity index (χ4v) is 4.40. The van der Waals surface area contributed by atoms with Gasteiger partial charge in [-0.2, -0.15) is 0 Å². The molecule has 2 nitrogen and oxygen atoms in total. The molecule has 0 spiro atoms. The van der Waals surface area contributed by atoms with Gasteiger partial charge in [0.05, 0.1) is 0 Å². The number of hydrogen-bond acceptors (Lipinski definition) is 2. The molecular weight excluding hydrogens is 248 g/mol. The molecule has 0 aromatic rings. The van der Waals surface area contributed by atoms with Crippen LogP contribution in [0.2, 0.25) is 0 Å². The van der Waals surface area contributed by atoms with Crippen molar-refractivity contribution in [2.75, 3.05) is 0 Å². The van der Waals surface area contributed by atoms with Crippen molar-refractivity contribution in [1.82, 2.24) is 0 Å². The maximum Gasteiger partial charge on any atom is 0.152 e. The summed E-state index contributed by atoms with van der Waals surface area (Å²) in [4.78, 5) is 22.9. The van der Waals surface area contributed by atoms with E-state index in [2.05, 4.69) is 33.8 Å². The molecule has 0 aromatic heterocycles. The van der Waals surface area contributed by atoms with Gasteiger partial charge in [0.1, 0.15) is 6.29 Å². The van der Waals surface area contributed by atoms with E-state index < -0.39 is 0 Å². The van der Waals surface area contributed by atoms with Crippen molar-refractivity contribution in [3.05, 3.63) is 23.3 Å². The number of rotatable bonds is 4. The minimum Gasteiger partial charge on any atom is -0.298 e. The van der Waals surface area contributed by atoms with E-state index in [0.717, 1.165) is 18.3 Å². The average Bonchev–Trinajstić information content (AvgIpc) is 2.49. The first-order valence-electron chi connectivity index (χ1n) is 7.68. The van der Waals surface area contributed by atoms with Crippen LogP contribution in [0.5, 0.6) is 0 Å². The second-order valence-corrected chi connectivity index (χ2v) is 7.08. The van der Waals surface area contributed by atoms with Gasteiger partial charge in [-0.25, -0.2) is 0 Å². The van der Waals surface area contributed by atoms with Crippen molar-refractivity contribution in [2.45, 2.75) is 47.5 Å². The van der Waals surface area contributed by atoms with E-state index in [9.17, 15) is 9.59 Å². The summed E-state index contributed by atoms with van der Waals surface area (Å²) < 4.78 is 0. The van der Waals surface area contributed by atoms with Crippen molar-refractivity contribution in [2.24, 2.45) is 29.1 Å². The van der Waals surface area contributed by atoms with Gasteiger partial charge in [-0.05, 0) is 67.4 Å². The molecule has 1 fully saturated rings. The van der Waals surface area contributed by atoms with Gasteiger partial charge in [0.15, 0.2) is 5.78 Å². The zero-order valence-electron chi connectivity index (χ0n) is 13.3. The zero-order chi connectivity index (χ0) is 15.1. The summed E-state index contributed by atoms with van der Waals surface area (Å²) in [5.74, 6) is 1.79. The van der Waals surface area contributed by atoms with E-state index in [4.69, 9.17) is 0 Å². The van der Waals surface area contributed by atoms with Crippen LogP contribution in [-0.4, -0.2) is 12.1 Å². The van der Waals surface area contributed by atoms with E-state index in [0.29, 0.717) is 23.7 Å². The highest BCUT2D eigenvalue weighted by Crippen LogP contribution is 2.61. The molecule has 2 bridgehead atoms. The first-order valence-corrected chi connectivity index (χ1v) is 7.68. The molecule has 20 heavy (non-hydrogen) atoms. The van der Waals surface area contributed by atoms with Crippen LogP contribution in [0.25, 0.3) is 0 Å². The summed E-state index contributed by atoms with van der Waals surface area (Å²) >= 11 is 0. The Labute approximate surface area is 122 Å². The molecule has 0 radical (unpaired) electrons. The van der Waals surface area contributed by atoms with Crippen LogP contribution in [-0.2, 0) is 9.59 Å². The van der Waals surface area contributed by atoms with Gasteiger partial charge in [-0.15, -0.1) is 0 Å². The number of fused-ring (bicyclic) bond motifs is 2. The molecule has 0 heterocycles. The predicted octanol–water partition coefficient (Wildman–Crippen LogP) is 3.97. The van der Waals surface area contributed by atoms with Crippen molar-refractivity contribution >= 4 is 12.1 Å². The summed E-state index contributed by atoms with van der Waals surface area (Å²) in [6.07, 6.45) is 7.13. The van der Waals surface area contributed by atoms with E-state index in [1.165, 1.54) is 12.0 Å². The Hall–Kier alpha value is -1.18. The number of ketones is 1. The van der Waals surface area contributed by atoms with E-state index in [1.807, 2.05) is 0 Å². The normalized spacial score (nSPS) is 37.0. The molecule has 0 N–H and O–H groups in total. The molecule has 0 aliphatic heterocycles. The highest BCUT2D eigenvalue weighted by molar-refractivity contribution is 5.87. The van der Waals surface area contributed by atoms with Crippen LogP contribution in [0.15, 0.2) is 23.3 Å². The second kappa shape index (κ2) is 5.31. The van der Waals surface area contributed by atoms with Crippen LogP contribution < -0.4 is 0 Å². The van der Waals surface area contributed by atoms with Gasteiger partial charge >= 0.3 is 0 Å².